The van der Waals surface area contributed by atoms with E-state index in [1.165, 1.54) is 0 Å². The smallest absolute Gasteiger partial charge is 0.237 e. The average molecular weight is 289 g/mol. The number of likely N-dealkylation sites (N-methyl/N-ethyl adjacent to an activating group) is 1. The van der Waals surface area contributed by atoms with Crippen LogP contribution in [0.4, 0.5) is 0 Å². The number of rotatable bonds is 12. The molecule has 2 unspecified atom stereocenters. The third kappa shape index (κ3) is 6.65. The predicted octanol–water partition coefficient (Wildman–Crippen LogP) is 0.213. The molecule has 0 radical (unpaired) electrons. The number of nitrogens with zero attached hydrogens (tertiary/aromatic N) is 1. The van der Waals surface area contributed by atoms with E-state index in [0.29, 0.717) is 13.0 Å². The molecule has 0 saturated carbocycles. The van der Waals surface area contributed by atoms with E-state index in [4.69, 9.17) is 15.2 Å². The van der Waals surface area contributed by atoms with Crippen molar-refractivity contribution in [1.82, 2.24) is 10.2 Å². The van der Waals surface area contributed by atoms with Crippen molar-refractivity contribution in [3.8, 4) is 0 Å². The fourth-order valence-corrected chi connectivity index (χ4v) is 2.22. The number of nitrogens with two attached hydrogens (primary N) is 1. The maximum Gasteiger partial charge on any atom is 0.237 e. The molecule has 120 valence electrons. The number of hydrogen-bond acceptors (Lipinski definition) is 5. The molecule has 3 N–H and O–H groups in total. The number of primary amides is 1. The van der Waals surface area contributed by atoms with Crippen LogP contribution in [0.1, 0.15) is 26.7 Å². The summed E-state index contributed by atoms with van der Waals surface area (Å²) in [5.74, 6) is -0.324. The van der Waals surface area contributed by atoms with Crippen LogP contribution in [-0.4, -0.2) is 70.0 Å². The van der Waals surface area contributed by atoms with Crippen molar-refractivity contribution in [2.75, 3.05) is 47.6 Å². The molecule has 0 aliphatic carbocycles. The molecule has 6 heteroatoms. The molecule has 0 saturated heterocycles. The predicted molar refractivity (Wildman–Crippen MR) is 80.7 cm³/mol. The van der Waals surface area contributed by atoms with Crippen molar-refractivity contribution in [1.29, 1.82) is 0 Å². The van der Waals surface area contributed by atoms with Gasteiger partial charge >= 0.3 is 0 Å². The number of carbonyl (C=O) groups is 1. The monoisotopic (exact) mass is 289 g/mol. The summed E-state index contributed by atoms with van der Waals surface area (Å²) in [5.41, 5.74) is 4.80. The zero-order valence-corrected chi connectivity index (χ0v) is 13.6. The minimum absolute atomic E-state index is 0.229. The van der Waals surface area contributed by atoms with Gasteiger partial charge in [-0.3, -0.25) is 9.69 Å². The molecular formula is C14H31N3O3. The van der Waals surface area contributed by atoms with Crippen LogP contribution in [0.3, 0.4) is 0 Å². The van der Waals surface area contributed by atoms with Gasteiger partial charge in [-0.25, -0.2) is 0 Å². The number of nitrogens with one attached hydrogen (secondary N) is 1. The Balaban J connectivity index is 4.57. The fraction of sp³-hybridized carbons (Fsp3) is 0.929. The highest BCUT2D eigenvalue weighted by Crippen LogP contribution is 2.16. The summed E-state index contributed by atoms with van der Waals surface area (Å²) < 4.78 is 10.2. The van der Waals surface area contributed by atoms with Gasteiger partial charge in [-0.05, 0) is 33.7 Å². The Morgan fingerprint density at radius 1 is 1.30 bits per heavy atom. The molecule has 0 spiro atoms. The number of carbonyl (C=O) groups excluding carboxylic acids is 1. The molecular weight excluding hydrogens is 258 g/mol. The molecule has 1 amide bonds. The minimum Gasteiger partial charge on any atom is -0.385 e. The van der Waals surface area contributed by atoms with Crippen molar-refractivity contribution in [2.24, 2.45) is 5.73 Å². The first-order valence-corrected chi connectivity index (χ1v) is 7.12. The van der Waals surface area contributed by atoms with E-state index in [2.05, 4.69) is 17.1 Å². The fourth-order valence-electron chi connectivity index (χ4n) is 2.22. The zero-order chi connectivity index (χ0) is 15.6. The van der Waals surface area contributed by atoms with Crippen LogP contribution in [-0.2, 0) is 14.3 Å². The maximum atomic E-state index is 11.6. The molecule has 0 aromatic rings. The Hall–Kier alpha value is -0.690. The van der Waals surface area contributed by atoms with E-state index in [0.717, 1.165) is 26.1 Å². The molecule has 2 atom stereocenters. The topological polar surface area (TPSA) is 76.8 Å². The first-order valence-electron chi connectivity index (χ1n) is 7.12. The van der Waals surface area contributed by atoms with E-state index in [1.54, 1.807) is 21.3 Å². The number of amides is 1. The van der Waals surface area contributed by atoms with E-state index < -0.39 is 5.54 Å². The summed E-state index contributed by atoms with van der Waals surface area (Å²) in [6.07, 6.45) is 1.62. The van der Waals surface area contributed by atoms with Crippen LogP contribution >= 0.6 is 0 Å². The lowest BCUT2D eigenvalue weighted by atomic mass is 9.92. The van der Waals surface area contributed by atoms with Gasteiger partial charge in [-0.2, -0.15) is 0 Å². The molecule has 20 heavy (non-hydrogen) atoms. The maximum absolute atomic E-state index is 11.6. The van der Waals surface area contributed by atoms with Crippen LogP contribution in [0.5, 0.6) is 0 Å². The highest BCUT2D eigenvalue weighted by molar-refractivity contribution is 5.84. The van der Waals surface area contributed by atoms with Crippen LogP contribution in [0.2, 0.25) is 0 Å². The third-order valence-corrected chi connectivity index (χ3v) is 3.80. The lowest BCUT2D eigenvalue weighted by Crippen LogP contribution is -2.55. The third-order valence-electron chi connectivity index (χ3n) is 3.80. The molecule has 6 nitrogen and oxygen atoms in total. The second-order valence-corrected chi connectivity index (χ2v) is 5.37. The van der Waals surface area contributed by atoms with E-state index in [9.17, 15) is 4.79 Å². The molecule has 0 aromatic heterocycles. The average Bonchev–Trinajstić information content (AvgIpc) is 2.42. The van der Waals surface area contributed by atoms with Crippen LogP contribution < -0.4 is 11.1 Å². The summed E-state index contributed by atoms with van der Waals surface area (Å²) in [4.78, 5) is 13.9. The van der Waals surface area contributed by atoms with E-state index >= 15 is 0 Å². The van der Waals surface area contributed by atoms with Gasteiger partial charge in [0.2, 0.25) is 5.91 Å². The molecule has 0 rings (SSSR count). The SMILES string of the molecule is CNC(C)(CC(C)N(CCCOC)CCOC)C(N)=O. The van der Waals surface area contributed by atoms with Crippen molar-refractivity contribution < 1.29 is 14.3 Å². The summed E-state index contributed by atoms with van der Waals surface area (Å²) in [6, 6.07) is 0.229. The lowest BCUT2D eigenvalue weighted by molar-refractivity contribution is -0.124. The van der Waals surface area contributed by atoms with Gasteiger partial charge in [-0.15, -0.1) is 0 Å². The summed E-state index contributed by atoms with van der Waals surface area (Å²) >= 11 is 0. The molecule has 0 heterocycles. The molecule has 0 aromatic carbocycles. The van der Waals surface area contributed by atoms with Gasteiger partial charge in [0.25, 0.3) is 0 Å². The van der Waals surface area contributed by atoms with Gasteiger partial charge in [0.05, 0.1) is 12.1 Å². The quantitative estimate of drug-likeness (QED) is 0.502. The van der Waals surface area contributed by atoms with E-state index in [-0.39, 0.29) is 11.9 Å². The van der Waals surface area contributed by atoms with Crippen molar-refractivity contribution in [3.63, 3.8) is 0 Å². The summed E-state index contributed by atoms with van der Waals surface area (Å²) in [7, 11) is 5.16. The Kier molecular flexibility index (Phi) is 9.75. The summed E-state index contributed by atoms with van der Waals surface area (Å²) in [5, 5.41) is 3.03. The highest BCUT2D eigenvalue weighted by atomic mass is 16.5. The second-order valence-electron chi connectivity index (χ2n) is 5.37. The number of hydrogen-bond donors (Lipinski definition) is 2. The van der Waals surface area contributed by atoms with E-state index in [1.807, 2.05) is 6.92 Å². The largest absolute Gasteiger partial charge is 0.385 e. The van der Waals surface area contributed by atoms with Crippen LogP contribution in [0, 0.1) is 0 Å². The normalized spacial score (nSPS) is 16.1. The Morgan fingerprint density at radius 3 is 2.35 bits per heavy atom. The van der Waals surface area contributed by atoms with Crippen molar-refractivity contribution in [3.05, 3.63) is 0 Å². The van der Waals surface area contributed by atoms with Crippen LogP contribution in [0.15, 0.2) is 0 Å². The Labute approximate surface area is 123 Å². The van der Waals surface area contributed by atoms with Gasteiger partial charge in [-0.1, -0.05) is 0 Å². The number of methoxy groups -OCH3 is 2. The standard InChI is InChI=1S/C14H31N3O3/c1-12(11-14(2,16-3)13(15)18)17(8-10-20-5)7-6-9-19-4/h12,16H,6-11H2,1-5H3,(H2,15,18). The first kappa shape index (κ1) is 19.3. The van der Waals surface area contributed by atoms with Gasteiger partial charge in [0.15, 0.2) is 0 Å². The Bertz CT molecular complexity index is 276. The molecule has 0 bridgehead atoms. The molecule has 0 fully saturated rings. The van der Waals surface area contributed by atoms with Crippen molar-refractivity contribution >= 4 is 5.91 Å². The molecule has 0 aliphatic rings. The van der Waals surface area contributed by atoms with Gasteiger partial charge in [0.1, 0.15) is 0 Å². The van der Waals surface area contributed by atoms with Gasteiger partial charge < -0.3 is 20.5 Å². The Morgan fingerprint density at radius 2 is 1.90 bits per heavy atom. The first-order chi connectivity index (χ1) is 9.41. The van der Waals surface area contributed by atoms with Crippen molar-refractivity contribution in [2.45, 2.75) is 38.3 Å². The van der Waals surface area contributed by atoms with Crippen LogP contribution in [0.25, 0.3) is 0 Å². The minimum atomic E-state index is -0.688. The zero-order valence-electron chi connectivity index (χ0n) is 13.6. The second kappa shape index (κ2) is 10.1. The number of ether oxygens (including phenoxy) is 2. The lowest BCUT2D eigenvalue weighted by Gasteiger charge is -2.35. The highest BCUT2D eigenvalue weighted by Gasteiger charge is 2.32. The molecule has 0 aliphatic heterocycles. The summed E-state index contributed by atoms with van der Waals surface area (Å²) in [6.45, 7) is 7.10. The van der Waals surface area contributed by atoms with Gasteiger partial charge in [0, 0.05) is 40.0 Å².